The predicted molar refractivity (Wildman–Crippen MR) is 58.0 cm³/mol. The van der Waals surface area contributed by atoms with E-state index in [9.17, 15) is 4.79 Å². The van der Waals surface area contributed by atoms with Crippen LogP contribution in [0, 0.1) is 11.8 Å². The molecule has 1 amide bonds. The summed E-state index contributed by atoms with van der Waals surface area (Å²) in [6.07, 6.45) is 2.10. The lowest BCUT2D eigenvalue weighted by Gasteiger charge is -2.01. The average molecular weight is 206 g/mol. The smallest absolute Gasteiger partial charge is 0.256 e. The van der Waals surface area contributed by atoms with Crippen LogP contribution >= 0.6 is 0 Å². The molecule has 5 nitrogen and oxygen atoms in total. The highest BCUT2D eigenvalue weighted by atomic mass is 16.1. The van der Waals surface area contributed by atoms with Crippen LogP contribution in [0.5, 0.6) is 0 Å². The molecule has 1 aromatic rings. The fraction of sp³-hybridized carbons (Fsp3) is 0.400. The number of nitrogens with zero attached hydrogens (tertiary/aromatic N) is 2. The van der Waals surface area contributed by atoms with Gasteiger partial charge in [0.15, 0.2) is 0 Å². The van der Waals surface area contributed by atoms with Crippen LogP contribution in [0.2, 0.25) is 0 Å². The van der Waals surface area contributed by atoms with E-state index in [0.717, 1.165) is 0 Å². The molecule has 0 saturated carbocycles. The molecule has 0 unspecified atom stereocenters. The Morgan fingerprint density at radius 1 is 1.73 bits per heavy atom. The first-order valence-electron chi connectivity index (χ1n) is 4.62. The summed E-state index contributed by atoms with van der Waals surface area (Å²) in [5.41, 5.74) is 6.05. The summed E-state index contributed by atoms with van der Waals surface area (Å²) in [4.78, 5) is 11.5. The molecule has 0 aromatic carbocycles. The number of anilines is 1. The van der Waals surface area contributed by atoms with E-state index in [-0.39, 0.29) is 5.91 Å². The molecular weight excluding hydrogens is 192 g/mol. The van der Waals surface area contributed by atoms with Crippen LogP contribution in [0.25, 0.3) is 0 Å². The molecule has 1 heterocycles. The van der Waals surface area contributed by atoms with Crippen LogP contribution in [0.1, 0.15) is 23.7 Å². The van der Waals surface area contributed by atoms with Crippen LogP contribution < -0.4 is 11.1 Å². The number of aryl methyl sites for hydroxylation is 1. The number of nitrogens with two attached hydrogens (primary N) is 1. The number of amides is 1. The summed E-state index contributed by atoms with van der Waals surface area (Å²) in [7, 11) is 1.69. The fourth-order valence-corrected chi connectivity index (χ4v) is 1.08. The maximum absolute atomic E-state index is 11.5. The first kappa shape index (κ1) is 11.1. The second-order valence-corrected chi connectivity index (χ2v) is 3.00. The number of carbonyl (C=O) groups excluding carboxylic acids is 1. The van der Waals surface area contributed by atoms with Crippen LogP contribution in [0.4, 0.5) is 5.82 Å². The van der Waals surface area contributed by atoms with Gasteiger partial charge in [0.2, 0.25) is 0 Å². The Morgan fingerprint density at radius 3 is 3.00 bits per heavy atom. The van der Waals surface area contributed by atoms with Gasteiger partial charge in [-0.15, -0.1) is 11.8 Å². The molecule has 0 radical (unpaired) electrons. The van der Waals surface area contributed by atoms with Crippen molar-refractivity contribution in [1.82, 2.24) is 15.1 Å². The lowest BCUT2D eigenvalue weighted by Crippen LogP contribution is -2.24. The largest absolute Gasteiger partial charge is 0.383 e. The molecule has 0 saturated heterocycles. The molecule has 1 aromatic heterocycles. The van der Waals surface area contributed by atoms with Gasteiger partial charge < -0.3 is 11.1 Å². The summed E-state index contributed by atoms with van der Waals surface area (Å²) >= 11 is 0. The van der Waals surface area contributed by atoms with Crippen molar-refractivity contribution in [2.75, 3.05) is 12.3 Å². The highest BCUT2D eigenvalue weighted by molar-refractivity contribution is 5.98. The van der Waals surface area contributed by atoms with Crippen LogP contribution in [-0.4, -0.2) is 22.2 Å². The molecule has 0 bridgehead atoms. The minimum atomic E-state index is -0.210. The van der Waals surface area contributed by atoms with Gasteiger partial charge in [-0.3, -0.25) is 9.48 Å². The third kappa shape index (κ3) is 2.74. The summed E-state index contributed by atoms with van der Waals surface area (Å²) in [6, 6.07) is 0. The monoisotopic (exact) mass is 206 g/mol. The highest BCUT2D eigenvalue weighted by Gasteiger charge is 2.12. The van der Waals surface area contributed by atoms with Crippen LogP contribution in [-0.2, 0) is 7.05 Å². The Hall–Kier alpha value is -1.96. The maximum atomic E-state index is 11.5. The van der Waals surface area contributed by atoms with E-state index in [4.69, 9.17) is 5.73 Å². The van der Waals surface area contributed by atoms with E-state index in [0.29, 0.717) is 24.3 Å². The summed E-state index contributed by atoms with van der Waals surface area (Å²) in [5, 5.41) is 6.60. The number of aromatic nitrogens is 2. The van der Waals surface area contributed by atoms with Crippen molar-refractivity contribution < 1.29 is 4.79 Å². The van der Waals surface area contributed by atoms with E-state index in [1.807, 2.05) is 0 Å². The van der Waals surface area contributed by atoms with Gasteiger partial charge in [-0.25, -0.2) is 0 Å². The van der Waals surface area contributed by atoms with Crippen molar-refractivity contribution in [3.8, 4) is 11.8 Å². The number of carbonyl (C=O) groups is 1. The second kappa shape index (κ2) is 5.05. The molecule has 15 heavy (non-hydrogen) atoms. The zero-order chi connectivity index (χ0) is 11.3. The van der Waals surface area contributed by atoms with Crippen molar-refractivity contribution in [2.45, 2.75) is 13.3 Å². The van der Waals surface area contributed by atoms with Gasteiger partial charge in [-0.2, -0.15) is 5.10 Å². The molecule has 5 heteroatoms. The zero-order valence-corrected chi connectivity index (χ0v) is 8.87. The number of hydrogen-bond donors (Lipinski definition) is 2. The lowest BCUT2D eigenvalue weighted by molar-refractivity contribution is 0.0955. The van der Waals surface area contributed by atoms with Crippen LogP contribution in [0.3, 0.4) is 0 Å². The van der Waals surface area contributed by atoms with E-state index >= 15 is 0 Å². The Bertz CT molecular complexity index is 411. The molecule has 1 rings (SSSR count). The summed E-state index contributed by atoms with van der Waals surface area (Å²) in [5.74, 6) is 5.77. The van der Waals surface area contributed by atoms with Gasteiger partial charge >= 0.3 is 0 Å². The van der Waals surface area contributed by atoms with E-state index in [1.54, 1.807) is 14.0 Å². The van der Waals surface area contributed by atoms with Crippen molar-refractivity contribution in [3.63, 3.8) is 0 Å². The lowest BCUT2D eigenvalue weighted by atomic mass is 10.3. The number of hydrogen-bond acceptors (Lipinski definition) is 3. The van der Waals surface area contributed by atoms with Crippen molar-refractivity contribution in [3.05, 3.63) is 11.8 Å². The fourth-order valence-electron chi connectivity index (χ4n) is 1.08. The van der Waals surface area contributed by atoms with Gasteiger partial charge in [0.1, 0.15) is 11.4 Å². The molecule has 0 aliphatic carbocycles. The second-order valence-electron chi connectivity index (χ2n) is 3.00. The highest BCUT2D eigenvalue weighted by Crippen LogP contribution is 2.08. The standard InChI is InChI=1S/C10H14N4O/c1-3-4-5-6-12-10(15)8-7-13-14(2)9(8)11/h7H,5-6,11H2,1-2H3,(H,12,15). The molecule has 0 atom stereocenters. The Morgan fingerprint density at radius 2 is 2.47 bits per heavy atom. The van der Waals surface area contributed by atoms with Gasteiger partial charge in [0.25, 0.3) is 5.91 Å². The molecule has 0 aliphatic rings. The topological polar surface area (TPSA) is 72.9 Å². The number of nitrogens with one attached hydrogen (secondary N) is 1. The van der Waals surface area contributed by atoms with Crippen molar-refractivity contribution >= 4 is 11.7 Å². The molecule has 0 fully saturated rings. The van der Waals surface area contributed by atoms with Gasteiger partial charge in [-0.1, -0.05) is 0 Å². The van der Waals surface area contributed by atoms with E-state index in [2.05, 4.69) is 22.3 Å². The molecule has 80 valence electrons. The van der Waals surface area contributed by atoms with Crippen molar-refractivity contribution in [2.24, 2.45) is 7.05 Å². The Kier molecular flexibility index (Phi) is 3.75. The zero-order valence-electron chi connectivity index (χ0n) is 8.87. The Balaban J connectivity index is 2.53. The maximum Gasteiger partial charge on any atom is 0.256 e. The quantitative estimate of drug-likeness (QED) is 0.546. The van der Waals surface area contributed by atoms with E-state index < -0.39 is 0 Å². The van der Waals surface area contributed by atoms with Gasteiger partial charge in [-0.05, 0) is 6.92 Å². The normalized spacial score (nSPS) is 9.20. The minimum absolute atomic E-state index is 0.210. The van der Waals surface area contributed by atoms with Crippen LogP contribution in [0.15, 0.2) is 6.20 Å². The first-order chi connectivity index (χ1) is 7.16. The minimum Gasteiger partial charge on any atom is -0.383 e. The average Bonchev–Trinajstić information content (AvgIpc) is 2.55. The number of nitrogen functional groups attached to an aromatic ring is 1. The third-order valence-electron chi connectivity index (χ3n) is 1.94. The molecule has 0 aliphatic heterocycles. The summed E-state index contributed by atoms with van der Waals surface area (Å²) in [6.45, 7) is 2.29. The first-order valence-corrected chi connectivity index (χ1v) is 4.62. The Labute approximate surface area is 88.6 Å². The third-order valence-corrected chi connectivity index (χ3v) is 1.94. The van der Waals surface area contributed by atoms with Gasteiger partial charge in [0.05, 0.1) is 6.20 Å². The SMILES string of the molecule is CC#CCCNC(=O)c1cnn(C)c1N. The van der Waals surface area contributed by atoms with Gasteiger partial charge in [0, 0.05) is 20.0 Å². The molecule has 3 N–H and O–H groups in total. The summed E-state index contributed by atoms with van der Waals surface area (Å²) < 4.78 is 1.46. The predicted octanol–water partition coefficient (Wildman–Crippen LogP) is 0.145. The molecular formula is C10H14N4O. The van der Waals surface area contributed by atoms with Crippen molar-refractivity contribution in [1.29, 1.82) is 0 Å². The number of rotatable bonds is 3. The molecule has 0 spiro atoms. The van der Waals surface area contributed by atoms with E-state index in [1.165, 1.54) is 10.9 Å².